The van der Waals surface area contributed by atoms with Gasteiger partial charge in [0.05, 0.1) is 4.34 Å². The van der Waals surface area contributed by atoms with Gasteiger partial charge in [0.2, 0.25) is 0 Å². The summed E-state index contributed by atoms with van der Waals surface area (Å²) in [5, 5.41) is 5.74. The fourth-order valence-corrected chi connectivity index (χ4v) is 4.00. The van der Waals surface area contributed by atoms with Crippen molar-refractivity contribution in [2.45, 2.75) is 57.5 Å². The molecule has 0 saturated heterocycles. The summed E-state index contributed by atoms with van der Waals surface area (Å²) < 4.78 is 0.880. The number of thiophene rings is 1. The molecule has 1 unspecified atom stereocenters. The average molecular weight is 315 g/mol. The second-order valence-electron chi connectivity index (χ2n) is 5.99. The largest absolute Gasteiger partial charge is 0.310 e. The predicted octanol–water partition coefficient (Wildman–Crippen LogP) is 4.71. The molecule has 0 amide bonds. The summed E-state index contributed by atoms with van der Waals surface area (Å²) >= 11 is 7.59. The highest BCUT2D eigenvalue weighted by molar-refractivity contribution is 7.14. The van der Waals surface area contributed by atoms with Gasteiger partial charge in [0, 0.05) is 12.1 Å². The molecule has 0 spiro atoms. The summed E-state index contributed by atoms with van der Waals surface area (Å²) in [6.07, 6.45) is 8.29. The third-order valence-corrected chi connectivity index (χ3v) is 5.53. The lowest BCUT2D eigenvalue weighted by Gasteiger charge is -2.31. The lowest BCUT2D eigenvalue weighted by atomic mass is 9.94. The minimum Gasteiger partial charge on any atom is -0.310 e. The van der Waals surface area contributed by atoms with Gasteiger partial charge < -0.3 is 10.2 Å². The van der Waals surface area contributed by atoms with E-state index in [1.54, 1.807) is 11.3 Å². The predicted molar refractivity (Wildman–Crippen MR) is 89.9 cm³/mol. The molecule has 2 nitrogen and oxygen atoms in total. The van der Waals surface area contributed by atoms with Crippen LogP contribution in [0.2, 0.25) is 4.34 Å². The Morgan fingerprint density at radius 3 is 2.80 bits per heavy atom. The summed E-state index contributed by atoms with van der Waals surface area (Å²) in [5.41, 5.74) is 1.31. The zero-order valence-corrected chi connectivity index (χ0v) is 14.3. The second kappa shape index (κ2) is 8.38. The van der Waals surface area contributed by atoms with Crippen LogP contribution in [0.15, 0.2) is 11.4 Å². The molecule has 1 heterocycles. The summed E-state index contributed by atoms with van der Waals surface area (Å²) in [6, 6.07) is 3.30. The Morgan fingerprint density at radius 2 is 2.15 bits per heavy atom. The van der Waals surface area contributed by atoms with E-state index in [9.17, 15) is 0 Å². The molecule has 0 aromatic carbocycles. The van der Waals surface area contributed by atoms with Gasteiger partial charge in [-0.1, -0.05) is 30.9 Å². The van der Waals surface area contributed by atoms with Crippen LogP contribution in [0.5, 0.6) is 0 Å². The topological polar surface area (TPSA) is 15.3 Å². The third kappa shape index (κ3) is 5.03. The molecular formula is C16H27ClN2S. The molecule has 1 saturated carbocycles. The van der Waals surface area contributed by atoms with Gasteiger partial charge in [0.15, 0.2) is 0 Å². The van der Waals surface area contributed by atoms with Crippen molar-refractivity contribution in [1.82, 2.24) is 10.2 Å². The maximum absolute atomic E-state index is 5.98. The van der Waals surface area contributed by atoms with Gasteiger partial charge in [0.1, 0.15) is 0 Å². The molecule has 114 valence electrons. The highest BCUT2D eigenvalue weighted by Crippen LogP contribution is 2.24. The Hall–Kier alpha value is -0.0900. The van der Waals surface area contributed by atoms with E-state index in [2.05, 4.69) is 35.6 Å². The standard InChI is InChI=1S/C16H27ClN2S/c1-13(14-11-16(17)20-12-14)18-9-6-10-19(2)15-7-4-3-5-8-15/h11-13,15,18H,3-10H2,1-2H3. The highest BCUT2D eigenvalue weighted by atomic mass is 35.5. The van der Waals surface area contributed by atoms with Gasteiger partial charge in [-0.2, -0.15) is 0 Å². The van der Waals surface area contributed by atoms with Crippen LogP contribution in [0.1, 0.15) is 57.1 Å². The Balaban J connectivity index is 1.61. The zero-order chi connectivity index (χ0) is 14.4. The molecular weight excluding hydrogens is 288 g/mol. The lowest BCUT2D eigenvalue weighted by molar-refractivity contribution is 0.189. The molecule has 0 aliphatic heterocycles. The van der Waals surface area contributed by atoms with E-state index in [-0.39, 0.29) is 0 Å². The zero-order valence-electron chi connectivity index (χ0n) is 12.7. The van der Waals surface area contributed by atoms with E-state index in [0.717, 1.165) is 16.9 Å². The molecule has 1 N–H and O–H groups in total. The number of rotatable bonds is 7. The normalized spacial score (nSPS) is 18.6. The van der Waals surface area contributed by atoms with Gasteiger partial charge in [0.25, 0.3) is 0 Å². The van der Waals surface area contributed by atoms with Crippen molar-refractivity contribution < 1.29 is 0 Å². The fourth-order valence-electron chi connectivity index (χ4n) is 3.02. The van der Waals surface area contributed by atoms with Crippen molar-refractivity contribution in [3.63, 3.8) is 0 Å². The van der Waals surface area contributed by atoms with Crippen molar-refractivity contribution in [3.8, 4) is 0 Å². The Labute approximate surface area is 132 Å². The number of nitrogens with one attached hydrogen (secondary N) is 1. The summed E-state index contributed by atoms with van der Waals surface area (Å²) in [6.45, 7) is 4.49. The van der Waals surface area contributed by atoms with Crippen molar-refractivity contribution in [3.05, 3.63) is 21.3 Å². The third-order valence-electron chi connectivity index (χ3n) is 4.42. The molecule has 1 atom stereocenters. The van der Waals surface area contributed by atoms with Crippen molar-refractivity contribution in [2.24, 2.45) is 0 Å². The van der Waals surface area contributed by atoms with Crippen LogP contribution >= 0.6 is 22.9 Å². The molecule has 2 rings (SSSR count). The molecule has 0 radical (unpaired) electrons. The minimum absolute atomic E-state index is 0.402. The van der Waals surface area contributed by atoms with Gasteiger partial charge in [-0.25, -0.2) is 0 Å². The van der Waals surface area contributed by atoms with Crippen LogP contribution in [0.4, 0.5) is 0 Å². The minimum atomic E-state index is 0.402. The van der Waals surface area contributed by atoms with Gasteiger partial charge in [-0.15, -0.1) is 11.3 Å². The molecule has 1 aliphatic rings. The summed E-state index contributed by atoms with van der Waals surface area (Å²) in [4.78, 5) is 2.56. The number of halogens is 1. The van der Waals surface area contributed by atoms with E-state index in [0.29, 0.717) is 6.04 Å². The molecule has 1 aromatic rings. The van der Waals surface area contributed by atoms with E-state index < -0.39 is 0 Å². The van der Waals surface area contributed by atoms with E-state index in [1.807, 2.05) is 0 Å². The fraction of sp³-hybridized carbons (Fsp3) is 0.750. The van der Waals surface area contributed by atoms with Crippen LogP contribution in [-0.2, 0) is 0 Å². The first-order valence-electron chi connectivity index (χ1n) is 7.84. The Kier molecular flexibility index (Phi) is 6.82. The van der Waals surface area contributed by atoms with Gasteiger partial charge >= 0.3 is 0 Å². The molecule has 1 aromatic heterocycles. The molecule has 4 heteroatoms. The number of hydrogen-bond acceptors (Lipinski definition) is 3. The van der Waals surface area contributed by atoms with Crippen molar-refractivity contribution in [2.75, 3.05) is 20.1 Å². The average Bonchev–Trinajstić information content (AvgIpc) is 2.91. The SMILES string of the molecule is CC(NCCCN(C)C1CCCCC1)c1csc(Cl)c1. The Bertz CT molecular complexity index is 388. The highest BCUT2D eigenvalue weighted by Gasteiger charge is 2.17. The van der Waals surface area contributed by atoms with Crippen molar-refractivity contribution >= 4 is 22.9 Å². The number of nitrogens with zero attached hydrogens (tertiary/aromatic N) is 1. The van der Waals surface area contributed by atoms with Crippen LogP contribution in [0.3, 0.4) is 0 Å². The lowest BCUT2D eigenvalue weighted by Crippen LogP contribution is -2.35. The molecule has 0 bridgehead atoms. The smallest absolute Gasteiger partial charge is 0.0931 e. The monoisotopic (exact) mass is 314 g/mol. The van der Waals surface area contributed by atoms with Crippen LogP contribution in [0.25, 0.3) is 0 Å². The number of hydrogen-bond donors (Lipinski definition) is 1. The maximum Gasteiger partial charge on any atom is 0.0931 e. The maximum atomic E-state index is 5.98. The van der Waals surface area contributed by atoms with E-state index in [4.69, 9.17) is 11.6 Å². The Morgan fingerprint density at radius 1 is 1.40 bits per heavy atom. The van der Waals surface area contributed by atoms with Crippen molar-refractivity contribution in [1.29, 1.82) is 0 Å². The quantitative estimate of drug-likeness (QED) is 0.733. The van der Waals surface area contributed by atoms with Crippen LogP contribution in [-0.4, -0.2) is 31.1 Å². The van der Waals surface area contributed by atoms with Gasteiger partial charge in [-0.05, 0) is 63.3 Å². The van der Waals surface area contributed by atoms with Crippen LogP contribution < -0.4 is 5.32 Å². The first kappa shape index (κ1) is 16.3. The molecule has 1 fully saturated rings. The van der Waals surface area contributed by atoms with E-state index >= 15 is 0 Å². The molecule has 1 aliphatic carbocycles. The molecule has 20 heavy (non-hydrogen) atoms. The second-order valence-corrected chi connectivity index (χ2v) is 7.53. The van der Waals surface area contributed by atoms with Crippen LogP contribution in [0, 0.1) is 0 Å². The summed E-state index contributed by atoms with van der Waals surface area (Å²) in [5.74, 6) is 0. The first-order chi connectivity index (χ1) is 9.66. The van der Waals surface area contributed by atoms with E-state index in [1.165, 1.54) is 50.6 Å². The first-order valence-corrected chi connectivity index (χ1v) is 9.10. The summed E-state index contributed by atoms with van der Waals surface area (Å²) in [7, 11) is 2.29. The van der Waals surface area contributed by atoms with Gasteiger partial charge in [-0.3, -0.25) is 0 Å².